The van der Waals surface area contributed by atoms with Gasteiger partial charge in [-0.25, -0.2) is 4.98 Å². The molecule has 27 heavy (non-hydrogen) atoms. The van der Waals surface area contributed by atoms with E-state index in [4.69, 9.17) is 0 Å². The Morgan fingerprint density at radius 1 is 1.22 bits per heavy atom. The highest BCUT2D eigenvalue weighted by molar-refractivity contribution is 7.14. The molecule has 3 heterocycles. The van der Waals surface area contributed by atoms with Crippen LogP contribution in [0.25, 0.3) is 0 Å². The molecule has 0 aliphatic carbocycles. The van der Waals surface area contributed by atoms with E-state index in [2.05, 4.69) is 37.0 Å². The van der Waals surface area contributed by atoms with Crippen molar-refractivity contribution in [3.63, 3.8) is 0 Å². The minimum absolute atomic E-state index is 0.0813. The van der Waals surface area contributed by atoms with Crippen LogP contribution in [0.5, 0.6) is 0 Å². The van der Waals surface area contributed by atoms with Gasteiger partial charge in [-0.05, 0) is 42.4 Å². The number of aryl methyl sites for hydroxylation is 1. The lowest BCUT2D eigenvalue weighted by molar-refractivity contribution is -0.118. The van der Waals surface area contributed by atoms with Crippen molar-refractivity contribution in [1.29, 1.82) is 0 Å². The number of hydrogen-bond acceptors (Lipinski definition) is 4. The van der Waals surface area contributed by atoms with Gasteiger partial charge in [0.15, 0.2) is 5.13 Å². The standard InChI is InChI=1S/C21H25N3O2S/c1-14(2)15-7-8-18-16(11-15)5-3-9-23(18)20(26)12-17-13-27-21(22-17)24-10-4-6-19(24)25/h7-8,11,13-14H,3-6,9-10,12H2,1-2H3. The molecule has 0 bridgehead atoms. The highest BCUT2D eigenvalue weighted by Crippen LogP contribution is 2.31. The van der Waals surface area contributed by atoms with Gasteiger partial charge >= 0.3 is 0 Å². The minimum atomic E-state index is 0.0813. The number of benzene rings is 1. The summed E-state index contributed by atoms with van der Waals surface area (Å²) in [7, 11) is 0. The van der Waals surface area contributed by atoms with Crippen molar-refractivity contribution in [3.05, 3.63) is 40.4 Å². The van der Waals surface area contributed by atoms with Gasteiger partial charge in [0.25, 0.3) is 0 Å². The topological polar surface area (TPSA) is 53.5 Å². The predicted molar refractivity (Wildman–Crippen MR) is 109 cm³/mol. The number of anilines is 2. The van der Waals surface area contributed by atoms with Crippen molar-refractivity contribution in [3.8, 4) is 0 Å². The van der Waals surface area contributed by atoms with E-state index >= 15 is 0 Å². The maximum absolute atomic E-state index is 13.0. The van der Waals surface area contributed by atoms with Crippen molar-refractivity contribution in [1.82, 2.24) is 4.98 Å². The fourth-order valence-electron chi connectivity index (χ4n) is 3.84. The lowest BCUT2D eigenvalue weighted by Gasteiger charge is -2.30. The Morgan fingerprint density at radius 2 is 2.04 bits per heavy atom. The molecule has 2 amide bonds. The van der Waals surface area contributed by atoms with Gasteiger partial charge in [0.1, 0.15) is 0 Å². The maximum Gasteiger partial charge on any atom is 0.233 e. The molecule has 5 nitrogen and oxygen atoms in total. The van der Waals surface area contributed by atoms with Crippen LogP contribution < -0.4 is 9.80 Å². The summed E-state index contributed by atoms with van der Waals surface area (Å²) in [5.41, 5.74) is 4.39. The van der Waals surface area contributed by atoms with E-state index in [1.165, 1.54) is 22.5 Å². The molecule has 6 heteroatoms. The number of carbonyl (C=O) groups excluding carboxylic acids is 2. The molecule has 142 valence electrons. The molecular formula is C21H25N3O2S. The zero-order valence-electron chi connectivity index (χ0n) is 15.9. The minimum Gasteiger partial charge on any atom is -0.312 e. The average molecular weight is 384 g/mol. The van der Waals surface area contributed by atoms with Crippen LogP contribution in [0, 0.1) is 0 Å². The van der Waals surface area contributed by atoms with Crippen molar-refractivity contribution < 1.29 is 9.59 Å². The first kappa shape index (κ1) is 18.2. The predicted octanol–water partition coefficient (Wildman–Crippen LogP) is 3.92. The van der Waals surface area contributed by atoms with Crippen molar-refractivity contribution in [2.24, 2.45) is 0 Å². The summed E-state index contributed by atoms with van der Waals surface area (Å²) in [4.78, 5) is 33.0. The van der Waals surface area contributed by atoms with Crippen LogP contribution in [0.1, 0.15) is 55.8 Å². The Bertz CT molecular complexity index is 874. The molecule has 0 radical (unpaired) electrons. The second kappa shape index (κ2) is 7.43. The van der Waals surface area contributed by atoms with E-state index in [-0.39, 0.29) is 18.2 Å². The van der Waals surface area contributed by atoms with Gasteiger partial charge in [-0.15, -0.1) is 11.3 Å². The molecule has 0 atom stereocenters. The summed E-state index contributed by atoms with van der Waals surface area (Å²) >= 11 is 1.45. The SMILES string of the molecule is CC(C)c1ccc2c(c1)CCCN2C(=O)Cc1csc(N2CCCC2=O)n1. The number of fused-ring (bicyclic) bond motifs is 1. The third-order valence-corrected chi connectivity index (χ3v) is 6.28. The van der Waals surface area contributed by atoms with Gasteiger partial charge in [0.05, 0.1) is 12.1 Å². The molecule has 1 saturated heterocycles. The second-order valence-corrected chi connectivity index (χ2v) is 8.48. The van der Waals surface area contributed by atoms with Gasteiger partial charge in [0.2, 0.25) is 11.8 Å². The van der Waals surface area contributed by atoms with Crippen LogP contribution in [-0.4, -0.2) is 29.9 Å². The highest BCUT2D eigenvalue weighted by atomic mass is 32.1. The Morgan fingerprint density at radius 3 is 2.78 bits per heavy atom. The van der Waals surface area contributed by atoms with Crippen LogP contribution in [0.3, 0.4) is 0 Å². The van der Waals surface area contributed by atoms with Crippen molar-refractivity contribution >= 4 is 34.0 Å². The number of carbonyl (C=O) groups is 2. The van der Waals surface area contributed by atoms with Crippen LogP contribution in [0.2, 0.25) is 0 Å². The molecule has 2 aromatic rings. The first-order valence-corrected chi connectivity index (χ1v) is 10.6. The summed E-state index contributed by atoms with van der Waals surface area (Å²) in [5.74, 6) is 0.703. The summed E-state index contributed by atoms with van der Waals surface area (Å²) in [6.07, 6.45) is 3.78. The largest absolute Gasteiger partial charge is 0.312 e. The molecule has 4 rings (SSSR count). The number of rotatable bonds is 4. The van der Waals surface area contributed by atoms with E-state index < -0.39 is 0 Å². The molecule has 1 aromatic carbocycles. The van der Waals surface area contributed by atoms with Gasteiger partial charge in [-0.3, -0.25) is 14.5 Å². The lowest BCUT2D eigenvalue weighted by Crippen LogP contribution is -2.36. The van der Waals surface area contributed by atoms with Crippen LogP contribution in [0.15, 0.2) is 23.6 Å². The Hall–Kier alpha value is -2.21. The van der Waals surface area contributed by atoms with Gasteiger partial charge in [-0.2, -0.15) is 0 Å². The van der Waals surface area contributed by atoms with Crippen LogP contribution in [-0.2, 0) is 22.4 Å². The summed E-state index contributed by atoms with van der Waals surface area (Å²) < 4.78 is 0. The molecule has 0 saturated carbocycles. The number of hydrogen-bond donors (Lipinski definition) is 0. The molecule has 0 spiro atoms. The van der Waals surface area contributed by atoms with E-state index in [1.54, 1.807) is 4.90 Å². The van der Waals surface area contributed by atoms with E-state index in [0.29, 0.717) is 12.3 Å². The molecule has 0 N–H and O–H groups in total. The van der Waals surface area contributed by atoms with Crippen molar-refractivity contribution in [2.45, 2.75) is 51.9 Å². The highest BCUT2D eigenvalue weighted by Gasteiger charge is 2.26. The first-order valence-electron chi connectivity index (χ1n) is 9.71. The Labute approximate surface area is 164 Å². The van der Waals surface area contributed by atoms with E-state index in [0.717, 1.165) is 48.9 Å². The fraction of sp³-hybridized carbons (Fsp3) is 0.476. The zero-order valence-corrected chi connectivity index (χ0v) is 16.7. The molecule has 1 fully saturated rings. The van der Waals surface area contributed by atoms with Gasteiger partial charge < -0.3 is 4.90 Å². The quantitative estimate of drug-likeness (QED) is 0.804. The van der Waals surface area contributed by atoms with Crippen LogP contribution in [0.4, 0.5) is 10.8 Å². The first-order chi connectivity index (χ1) is 13.0. The normalized spacial score (nSPS) is 16.9. The number of amides is 2. The monoisotopic (exact) mass is 383 g/mol. The number of thiazole rings is 1. The van der Waals surface area contributed by atoms with E-state index in [9.17, 15) is 9.59 Å². The second-order valence-electron chi connectivity index (χ2n) is 7.64. The third-order valence-electron chi connectivity index (χ3n) is 5.37. The van der Waals surface area contributed by atoms with E-state index in [1.807, 2.05) is 10.3 Å². The fourth-order valence-corrected chi connectivity index (χ4v) is 4.71. The maximum atomic E-state index is 13.0. The summed E-state index contributed by atoms with van der Waals surface area (Å²) in [5, 5.41) is 2.63. The summed E-state index contributed by atoms with van der Waals surface area (Å²) in [6.45, 7) is 5.88. The Kier molecular flexibility index (Phi) is 5.00. The zero-order chi connectivity index (χ0) is 19.0. The third kappa shape index (κ3) is 3.63. The van der Waals surface area contributed by atoms with Gasteiger partial charge in [-0.1, -0.05) is 26.0 Å². The summed E-state index contributed by atoms with van der Waals surface area (Å²) in [6, 6.07) is 6.48. The lowest BCUT2D eigenvalue weighted by atomic mass is 9.94. The number of aromatic nitrogens is 1. The Balaban J connectivity index is 1.50. The van der Waals surface area contributed by atoms with Gasteiger partial charge in [0, 0.05) is 30.6 Å². The van der Waals surface area contributed by atoms with Crippen molar-refractivity contribution in [2.75, 3.05) is 22.9 Å². The number of nitrogens with zero attached hydrogens (tertiary/aromatic N) is 3. The average Bonchev–Trinajstić information content (AvgIpc) is 3.29. The smallest absolute Gasteiger partial charge is 0.233 e. The molecule has 2 aliphatic rings. The molecule has 0 unspecified atom stereocenters. The molecule has 2 aliphatic heterocycles. The molecular weight excluding hydrogens is 358 g/mol. The molecule has 1 aromatic heterocycles. The van der Waals surface area contributed by atoms with Crippen LogP contribution >= 0.6 is 11.3 Å².